The van der Waals surface area contributed by atoms with Crippen LogP contribution in [0.2, 0.25) is 0 Å². The van der Waals surface area contributed by atoms with Gasteiger partial charge in [0.2, 0.25) is 0 Å². The van der Waals surface area contributed by atoms with Gasteiger partial charge in [-0.1, -0.05) is 0 Å². The third-order valence-corrected chi connectivity index (χ3v) is 3.80. The van der Waals surface area contributed by atoms with Crippen LogP contribution in [-0.2, 0) is 13.1 Å². The van der Waals surface area contributed by atoms with Crippen molar-refractivity contribution in [1.29, 1.82) is 0 Å². The van der Waals surface area contributed by atoms with Crippen molar-refractivity contribution in [2.24, 2.45) is 0 Å². The lowest BCUT2D eigenvalue weighted by atomic mass is 10.2. The summed E-state index contributed by atoms with van der Waals surface area (Å²) in [6, 6.07) is 9.19. The number of likely N-dealkylation sites (N-methyl/N-ethyl adjacent to an activating group) is 1. The first-order valence-corrected chi connectivity index (χ1v) is 6.05. The Hall–Kier alpha value is -1.48. The van der Waals surface area contributed by atoms with Gasteiger partial charge in [-0.2, -0.15) is 0 Å². The normalized spacial score (nSPS) is 20.5. The van der Waals surface area contributed by atoms with Crippen molar-refractivity contribution in [1.82, 2.24) is 9.47 Å². The minimum atomic E-state index is 0.597. The van der Waals surface area contributed by atoms with Crippen LogP contribution in [0.5, 0.6) is 5.75 Å². The Morgan fingerprint density at radius 3 is 2.88 bits per heavy atom. The highest BCUT2D eigenvalue weighted by atomic mass is 16.5. The van der Waals surface area contributed by atoms with E-state index in [2.05, 4.69) is 41.6 Å². The molecule has 3 nitrogen and oxygen atoms in total. The van der Waals surface area contributed by atoms with Crippen LogP contribution in [-0.4, -0.2) is 29.7 Å². The zero-order valence-electron chi connectivity index (χ0n) is 10.6. The summed E-state index contributed by atoms with van der Waals surface area (Å²) in [6.07, 6.45) is 0. The second-order valence-corrected chi connectivity index (χ2v) is 4.94. The summed E-state index contributed by atoms with van der Waals surface area (Å²) in [5, 5.41) is 1.28. The molecule has 2 aromatic rings. The molecule has 3 heteroatoms. The van der Waals surface area contributed by atoms with Crippen molar-refractivity contribution in [3.8, 4) is 5.75 Å². The van der Waals surface area contributed by atoms with Crippen LogP contribution >= 0.6 is 0 Å². The van der Waals surface area contributed by atoms with Crippen molar-refractivity contribution in [2.45, 2.75) is 26.1 Å². The number of benzene rings is 1. The topological polar surface area (TPSA) is 17.4 Å². The van der Waals surface area contributed by atoms with Gasteiger partial charge in [-0.15, -0.1) is 0 Å². The van der Waals surface area contributed by atoms with Gasteiger partial charge < -0.3 is 9.30 Å². The largest absolute Gasteiger partial charge is 0.497 e. The lowest BCUT2D eigenvalue weighted by Gasteiger charge is -2.31. The summed E-state index contributed by atoms with van der Waals surface area (Å²) >= 11 is 0. The van der Waals surface area contributed by atoms with Crippen molar-refractivity contribution in [2.75, 3.05) is 14.2 Å². The van der Waals surface area contributed by atoms with Gasteiger partial charge in [-0.25, -0.2) is 0 Å². The van der Waals surface area contributed by atoms with Crippen LogP contribution in [0.1, 0.15) is 12.6 Å². The average Bonchev–Trinajstić information content (AvgIpc) is 2.66. The first-order chi connectivity index (χ1) is 8.19. The quantitative estimate of drug-likeness (QED) is 0.749. The van der Waals surface area contributed by atoms with Gasteiger partial charge in [-0.05, 0) is 38.2 Å². The van der Waals surface area contributed by atoms with Crippen LogP contribution in [0.15, 0.2) is 24.3 Å². The molecule has 1 aromatic heterocycles. The number of methoxy groups -OCH3 is 1. The van der Waals surface area contributed by atoms with Crippen molar-refractivity contribution >= 4 is 10.9 Å². The maximum absolute atomic E-state index is 5.28. The number of aromatic nitrogens is 1. The van der Waals surface area contributed by atoms with Gasteiger partial charge in [0, 0.05) is 35.7 Å². The molecule has 17 heavy (non-hydrogen) atoms. The summed E-state index contributed by atoms with van der Waals surface area (Å²) in [7, 11) is 3.90. The molecule has 2 heterocycles. The molecule has 1 aliphatic rings. The van der Waals surface area contributed by atoms with E-state index in [-0.39, 0.29) is 0 Å². The second kappa shape index (κ2) is 3.77. The summed E-state index contributed by atoms with van der Waals surface area (Å²) in [5.74, 6) is 0.932. The Balaban J connectivity index is 2.15. The minimum absolute atomic E-state index is 0.597. The Kier molecular flexibility index (Phi) is 2.37. The Morgan fingerprint density at radius 1 is 1.29 bits per heavy atom. The molecular formula is C14H18N2O. The van der Waals surface area contributed by atoms with E-state index in [4.69, 9.17) is 4.74 Å². The van der Waals surface area contributed by atoms with Gasteiger partial charge in [0.1, 0.15) is 5.75 Å². The smallest absolute Gasteiger partial charge is 0.119 e. The Morgan fingerprint density at radius 2 is 2.12 bits per heavy atom. The van der Waals surface area contributed by atoms with E-state index in [0.29, 0.717) is 6.04 Å². The monoisotopic (exact) mass is 230 g/mol. The van der Waals surface area contributed by atoms with Crippen LogP contribution < -0.4 is 4.74 Å². The molecule has 0 bridgehead atoms. The highest BCUT2D eigenvalue weighted by Gasteiger charge is 2.21. The third-order valence-electron chi connectivity index (χ3n) is 3.80. The lowest BCUT2D eigenvalue weighted by Crippen LogP contribution is -2.37. The van der Waals surface area contributed by atoms with Crippen LogP contribution in [0.25, 0.3) is 10.9 Å². The molecule has 0 radical (unpaired) electrons. The van der Waals surface area contributed by atoms with E-state index < -0.39 is 0 Å². The molecule has 1 aromatic carbocycles. The SMILES string of the molecule is COc1ccc2c(c1)cc1n2CC(C)N(C)C1. The zero-order chi connectivity index (χ0) is 12.0. The standard InChI is InChI=1S/C14H18N2O/c1-10-8-16-12(9-15(10)2)6-11-7-13(17-3)4-5-14(11)16/h4-7,10H,8-9H2,1-3H3. The molecule has 90 valence electrons. The zero-order valence-corrected chi connectivity index (χ0v) is 10.6. The first kappa shape index (κ1) is 10.7. The van der Waals surface area contributed by atoms with Crippen molar-refractivity contribution in [3.63, 3.8) is 0 Å². The number of rotatable bonds is 1. The lowest BCUT2D eigenvalue weighted by molar-refractivity contribution is 0.194. The number of ether oxygens (including phenoxy) is 1. The highest BCUT2D eigenvalue weighted by Crippen LogP contribution is 2.28. The third kappa shape index (κ3) is 1.62. The van der Waals surface area contributed by atoms with E-state index in [1.54, 1.807) is 7.11 Å². The molecule has 0 fully saturated rings. The minimum Gasteiger partial charge on any atom is -0.497 e. The fraction of sp³-hybridized carbons (Fsp3) is 0.429. The van der Waals surface area contributed by atoms with Crippen LogP contribution in [0.3, 0.4) is 0 Å². The number of fused-ring (bicyclic) bond motifs is 3. The maximum Gasteiger partial charge on any atom is 0.119 e. The molecule has 0 saturated heterocycles. The molecule has 1 aliphatic heterocycles. The maximum atomic E-state index is 5.28. The van der Waals surface area contributed by atoms with Crippen LogP contribution in [0, 0.1) is 0 Å². The van der Waals surface area contributed by atoms with Gasteiger partial charge in [0.25, 0.3) is 0 Å². The molecule has 1 unspecified atom stereocenters. The van der Waals surface area contributed by atoms with Crippen LogP contribution in [0.4, 0.5) is 0 Å². The summed E-state index contributed by atoms with van der Waals surface area (Å²) in [4.78, 5) is 2.39. The summed E-state index contributed by atoms with van der Waals surface area (Å²) in [6.45, 7) is 4.37. The summed E-state index contributed by atoms with van der Waals surface area (Å²) in [5.41, 5.74) is 2.72. The van der Waals surface area contributed by atoms with Crippen molar-refractivity contribution < 1.29 is 4.74 Å². The number of hydrogen-bond acceptors (Lipinski definition) is 2. The predicted molar refractivity (Wildman–Crippen MR) is 69.4 cm³/mol. The van der Waals surface area contributed by atoms with E-state index >= 15 is 0 Å². The molecule has 0 amide bonds. The van der Waals surface area contributed by atoms with Gasteiger partial charge >= 0.3 is 0 Å². The van der Waals surface area contributed by atoms with Gasteiger partial charge in [0.15, 0.2) is 0 Å². The second-order valence-electron chi connectivity index (χ2n) is 4.94. The Labute approximate surface area is 102 Å². The number of hydrogen-bond donors (Lipinski definition) is 0. The predicted octanol–water partition coefficient (Wildman–Crippen LogP) is 2.48. The Bertz CT molecular complexity index is 559. The molecule has 0 spiro atoms. The molecule has 0 saturated carbocycles. The van der Waals surface area contributed by atoms with Gasteiger partial charge in [-0.3, -0.25) is 4.90 Å². The van der Waals surface area contributed by atoms with E-state index in [1.165, 1.54) is 16.6 Å². The fourth-order valence-corrected chi connectivity index (χ4v) is 2.59. The van der Waals surface area contributed by atoms with E-state index in [0.717, 1.165) is 18.8 Å². The fourth-order valence-electron chi connectivity index (χ4n) is 2.59. The first-order valence-electron chi connectivity index (χ1n) is 6.05. The molecule has 3 rings (SSSR count). The molecule has 1 atom stereocenters. The highest BCUT2D eigenvalue weighted by molar-refractivity contribution is 5.83. The molecule has 0 N–H and O–H groups in total. The van der Waals surface area contributed by atoms with Crippen molar-refractivity contribution in [3.05, 3.63) is 30.0 Å². The molecular weight excluding hydrogens is 212 g/mol. The number of nitrogens with zero attached hydrogens (tertiary/aromatic N) is 2. The van der Waals surface area contributed by atoms with E-state index in [9.17, 15) is 0 Å². The van der Waals surface area contributed by atoms with E-state index in [1.807, 2.05) is 6.07 Å². The molecule has 0 aliphatic carbocycles. The summed E-state index contributed by atoms with van der Waals surface area (Å²) < 4.78 is 7.71. The van der Waals surface area contributed by atoms with Gasteiger partial charge in [0.05, 0.1) is 7.11 Å². The average molecular weight is 230 g/mol.